The van der Waals surface area contributed by atoms with Crippen LogP contribution in [-0.2, 0) is 16.1 Å². The quantitative estimate of drug-likeness (QED) is 0.464. The van der Waals surface area contributed by atoms with Crippen LogP contribution >= 0.6 is 0 Å². The molecule has 1 N–H and O–H groups in total. The van der Waals surface area contributed by atoms with E-state index < -0.39 is 0 Å². The predicted molar refractivity (Wildman–Crippen MR) is 120 cm³/mol. The van der Waals surface area contributed by atoms with E-state index in [2.05, 4.69) is 56.5 Å². The predicted octanol–water partition coefficient (Wildman–Crippen LogP) is 1.71. The average Bonchev–Trinajstić information content (AvgIpc) is 3.35. The summed E-state index contributed by atoms with van der Waals surface area (Å²) in [5, 5.41) is 3.49. The number of hydrogen-bond donors (Lipinski definition) is 1. The molecule has 30 heavy (non-hydrogen) atoms. The van der Waals surface area contributed by atoms with Crippen LogP contribution in [0, 0.1) is 5.92 Å². The van der Waals surface area contributed by atoms with Gasteiger partial charge in [0.25, 0.3) is 0 Å². The number of nitrogens with one attached hydrogen (secondary N) is 1. The molecular weight excluding hydrogens is 378 g/mol. The molecule has 4 rings (SSSR count). The number of morpholine rings is 1. The summed E-state index contributed by atoms with van der Waals surface area (Å²) in [6.07, 6.45) is 6.18. The van der Waals surface area contributed by atoms with Gasteiger partial charge in [-0.15, -0.1) is 0 Å². The SMILES string of the molecule is CN=C(NCc1ccc(N2CC=CC2)cc1)N1CCC(C(=O)N2CCOCC2)CC1. The number of nitrogens with zero attached hydrogens (tertiary/aromatic N) is 4. The van der Waals surface area contributed by atoms with Crippen LogP contribution in [0.1, 0.15) is 18.4 Å². The molecule has 1 amide bonds. The van der Waals surface area contributed by atoms with Crippen LogP contribution < -0.4 is 10.2 Å². The van der Waals surface area contributed by atoms with Crippen molar-refractivity contribution in [3.63, 3.8) is 0 Å². The van der Waals surface area contributed by atoms with Crippen LogP contribution in [0.15, 0.2) is 41.4 Å². The number of amides is 1. The lowest BCUT2D eigenvalue weighted by atomic mass is 9.95. The molecule has 0 radical (unpaired) electrons. The van der Waals surface area contributed by atoms with Crippen molar-refractivity contribution < 1.29 is 9.53 Å². The van der Waals surface area contributed by atoms with Crippen LogP contribution in [0.2, 0.25) is 0 Å². The van der Waals surface area contributed by atoms with Crippen molar-refractivity contribution in [2.24, 2.45) is 10.9 Å². The molecule has 7 nitrogen and oxygen atoms in total. The molecule has 1 aromatic rings. The fraction of sp³-hybridized carbons (Fsp3) is 0.565. The minimum absolute atomic E-state index is 0.130. The molecule has 7 heteroatoms. The molecule has 0 bridgehead atoms. The molecule has 2 saturated heterocycles. The minimum atomic E-state index is 0.130. The Kier molecular flexibility index (Phi) is 6.89. The lowest BCUT2D eigenvalue weighted by Crippen LogP contribution is -2.49. The zero-order valence-electron chi connectivity index (χ0n) is 17.9. The van der Waals surface area contributed by atoms with Gasteiger partial charge < -0.3 is 24.8 Å². The molecule has 1 aromatic carbocycles. The van der Waals surface area contributed by atoms with Gasteiger partial charge >= 0.3 is 0 Å². The first-order valence-corrected chi connectivity index (χ1v) is 11.1. The molecule has 0 atom stereocenters. The fourth-order valence-corrected chi connectivity index (χ4v) is 4.41. The lowest BCUT2D eigenvalue weighted by molar-refractivity contribution is -0.140. The number of benzene rings is 1. The Morgan fingerprint density at radius 3 is 2.33 bits per heavy atom. The van der Waals surface area contributed by atoms with Gasteiger partial charge in [0.05, 0.1) is 13.2 Å². The average molecular weight is 412 g/mol. The molecule has 0 saturated carbocycles. The number of anilines is 1. The second-order valence-electron chi connectivity index (χ2n) is 8.14. The Morgan fingerprint density at radius 2 is 1.70 bits per heavy atom. The van der Waals surface area contributed by atoms with Gasteiger partial charge in [-0.2, -0.15) is 0 Å². The highest BCUT2D eigenvalue weighted by Gasteiger charge is 2.30. The number of piperidine rings is 1. The van der Waals surface area contributed by atoms with Crippen molar-refractivity contribution in [3.8, 4) is 0 Å². The maximum atomic E-state index is 12.7. The van der Waals surface area contributed by atoms with Crippen LogP contribution in [0.25, 0.3) is 0 Å². The van der Waals surface area contributed by atoms with E-state index in [1.807, 2.05) is 11.9 Å². The van der Waals surface area contributed by atoms with E-state index in [1.54, 1.807) is 0 Å². The Hall–Kier alpha value is -2.54. The Balaban J connectivity index is 1.24. The minimum Gasteiger partial charge on any atom is -0.378 e. The Morgan fingerprint density at radius 1 is 1.03 bits per heavy atom. The van der Waals surface area contributed by atoms with Crippen molar-refractivity contribution in [2.45, 2.75) is 19.4 Å². The Labute approximate surface area is 179 Å². The molecule has 3 aliphatic heterocycles. The molecule has 3 aliphatic rings. The monoisotopic (exact) mass is 411 g/mol. The summed E-state index contributed by atoms with van der Waals surface area (Å²) in [4.78, 5) is 23.8. The van der Waals surface area contributed by atoms with E-state index in [9.17, 15) is 4.79 Å². The summed E-state index contributed by atoms with van der Waals surface area (Å²) in [6.45, 7) is 7.25. The third-order valence-electron chi connectivity index (χ3n) is 6.25. The maximum absolute atomic E-state index is 12.7. The zero-order valence-corrected chi connectivity index (χ0v) is 17.9. The van der Waals surface area contributed by atoms with Crippen LogP contribution in [0.3, 0.4) is 0 Å². The molecule has 162 valence electrons. The topological polar surface area (TPSA) is 60.4 Å². The summed E-state index contributed by atoms with van der Waals surface area (Å²) < 4.78 is 5.36. The first-order valence-electron chi connectivity index (χ1n) is 11.1. The van der Waals surface area contributed by atoms with E-state index in [-0.39, 0.29) is 5.92 Å². The number of hydrogen-bond acceptors (Lipinski definition) is 4. The van der Waals surface area contributed by atoms with Crippen molar-refractivity contribution in [3.05, 3.63) is 42.0 Å². The second kappa shape index (κ2) is 9.98. The van der Waals surface area contributed by atoms with Crippen molar-refractivity contribution in [2.75, 3.05) is 64.4 Å². The summed E-state index contributed by atoms with van der Waals surface area (Å²) in [5.74, 6) is 1.35. The number of likely N-dealkylation sites (tertiary alicyclic amines) is 1. The first-order chi connectivity index (χ1) is 14.7. The first kappa shape index (κ1) is 20.7. The fourth-order valence-electron chi connectivity index (χ4n) is 4.41. The highest BCUT2D eigenvalue weighted by molar-refractivity contribution is 5.81. The number of guanidine groups is 1. The van der Waals surface area contributed by atoms with E-state index in [1.165, 1.54) is 11.3 Å². The normalized spacial score (nSPS) is 20.7. The number of carbonyl (C=O) groups is 1. The molecule has 0 aliphatic carbocycles. The molecule has 0 spiro atoms. The van der Waals surface area contributed by atoms with E-state index in [0.717, 1.165) is 64.6 Å². The van der Waals surface area contributed by atoms with Crippen LogP contribution in [-0.4, -0.2) is 81.2 Å². The van der Waals surface area contributed by atoms with Gasteiger partial charge in [-0.3, -0.25) is 9.79 Å². The number of aliphatic imine (C=N–C) groups is 1. The Bertz CT molecular complexity index is 754. The summed E-state index contributed by atoms with van der Waals surface area (Å²) in [5.41, 5.74) is 2.50. The molecule has 2 fully saturated rings. The smallest absolute Gasteiger partial charge is 0.225 e. The van der Waals surface area contributed by atoms with Gasteiger partial charge in [0.15, 0.2) is 5.96 Å². The standard InChI is InChI=1S/C23H33N5O2/c1-24-23(25-18-19-4-6-21(7-5-19)26-10-2-3-11-26)28-12-8-20(9-13-28)22(29)27-14-16-30-17-15-27/h2-7,20H,8-18H2,1H3,(H,24,25). The van der Waals surface area contributed by atoms with E-state index in [0.29, 0.717) is 19.1 Å². The highest BCUT2D eigenvalue weighted by Crippen LogP contribution is 2.21. The van der Waals surface area contributed by atoms with Gasteiger partial charge in [-0.25, -0.2) is 0 Å². The van der Waals surface area contributed by atoms with Gasteiger partial charge in [0, 0.05) is 64.5 Å². The van der Waals surface area contributed by atoms with Gasteiger partial charge in [-0.1, -0.05) is 24.3 Å². The summed E-state index contributed by atoms with van der Waals surface area (Å²) in [7, 11) is 1.83. The van der Waals surface area contributed by atoms with Crippen molar-refractivity contribution in [1.29, 1.82) is 0 Å². The molecule has 3 heterocycles. The number of carbonyl (C=O) groups excluding carboxylic acids is 1. The summed E-state index contributed by atoms with van der Waals surface area (Å²) in [6, 6.07) is 8.74. The van der Waals surface area contributed by atoms with Gasteiger partial charge in [0.2, 0.25) is 5.91 Å². The molecule has 0 unspecified atom stereocenters. The van der Waals surface area contributed by atoms with E-state index >= 15 is 0 Å². The van der Waals surface area contributed by atoms with Gasteiger partial charge in [-0.05, 0) is 30.5 Å². The lowest BCUT2D eigenvalue weighted by Gasteiger charge is -2.36. The highest BCUT2D eigenvalue weighted by atomic mass is 16.5. The maximum Gasteiger partial charge on any atom is 0.225 e. The zero-order chi connectivity index (χ0) is 20.8. The van der Waals surface area contributed by atoms with Crippen molar-refractivity contribution in [1.82, 2.24) is 15.1 Å². The molecule has 0 aromatic heterocycles. The molecular formula is C23H33N5O2. The van der Waals surface area contributed by atoms with Gasteiger partial charge in [0.1, 0.15) is 0 Å². The van der Waals surface area contributed by atoms with E-state index in [4.69, 9.17) is 4.74 Å². The largest absolute Gasteiger partial charge is 0.378 e. The third-order valence-corrected chi connectivity index (χ3v) is 6.25. The van der Waals surface area contributed by atoms with Crippen LogP contribution in [0.5, 0.6) is 0 Å². The number of ether oxygens (including phenoxy) is 1. The van der Waals surface area contributed by atoms with Crippen LogP contribution in [0.4, 0.5) is 5.69 Å². The number of rotatable bonds is 4. The third kappa shape index (κ3) is 4.95. The van der Waals surface area contributed by atoms with Crippen molar-refractivity contribution >= 4 is 17.6 Å². The summed E-state index contributed by atoms with van der Waals surface area (Å²) >= 11 is 0. The second-order valence-corrected chi connectivity index (χ2v) is 8.14.